The summed E-state index contributed by atoms with van der Waals surface area (Å²) in [5.41, 5.74) is 1.51. The van der Waals surface area contributed by atoms with Crippen molar-refractivity contribution in [3.63, 3.8) is 0 Å². The number of hydrogen-bond acceptors (Lipinski definition) is 3. The summed E-state index contributed by atoms with van der Waals surface area (Å²) < 4.78 is 41.4. The summed E-state index contributed by atoms with van der Waals surface area (Å²) in [5.74, 6) is 0. The Bertz CT molecular complexity index is 1020. The van der Waals surface area contributed by atoms with Crippen molar-refractivity contribution in [2.75, 3.05) is 0 Å². The molecular weight excluding hydrogens is 359 g/mol. The predicted molar refractivity (Wildman–Crippen MR) is 95.1 cm³/mol. The van der Waals surface area contributed by atoms with E-state index in [1.165, 1.54) is 0 Å². The van der Waals surface area contributed by atoms with Crippen LogP contribution in [0.3, 0.4) is 0 Å². The summed E-state index contributed by atoms with van der Waals surface area (Å²) in [4.78, 5) is 4.35. The van der Waals surface area contributed by atoms with Crippen molar-refractivity contribution >= 4 is 11.3 Å². The first-order valence-electron chi connectivity index (χ1n) is 7.76. The van der Waals surface area contributed by atoms with Gasteiger partial charge in [-0.3, -0.25) is 0 Å². The molecule has 130 valence electrons. The summed E-state index contributed by atoms with van der Waals surface area (Å²) in [7, 11) is 0. The molecule has 2 aromatic carbocycles. The molecule has 7 heteroatoms. The van der Waals surface area contributed by atoms with Crippen molar-refractivity contribution < 1.29 is 13.2 Å². The second kappa shape index (κ2) is 6.42. The molecule has 0 aliphatic rings. The number of thiazole rings is 1. The van der Waals surface area contributed by atoms with Gasteiger partial charge in [0.15, 0.2) is 5.69 Å². The van der Waals surface area contributed by atoms with Gasteiger partial charge in [0.25, 0.3) is 0 Å². The number of nitrogens with zero attached hydrogens (tertiary/aromatic N) is 3. The molecule has 0 amide bonds. The van der Waals surface area contributed by atoms with Crippen LogP contribution in [0.2, 0.25) is 0 Å². The molecule has 0 bridgehead atoms. The Morgan fingerprint density at radius 3 is 1.96 bits per heavy atom. The highest BCUT2D eigenvalue weighted by Gasteiger charge is 2.37. The van der Waals surface area contributed by atoms with Crippen molar-refractivity contribution in [3.8, 4) is 27.6 Å². The molecule has 0 saturated carbocycles. The number of benzene rings is 2. The zero-order valence-corrected chi connectivity index (χ0v) is 14.1. The molecule has 0 unspecified atom stereocenters. The number of hydrogen-bond donors (Lipinski definition) is 0. The number of aromatic nitrogens is 3. The van der Waals surface area contributed by atoms with Gasteiger partial charge in [-0.2, -0.15) is 18.3 Å². The fraction of sp³-hybridized carbons (Fsp3) is 0.0526. The van der Waals surface area contributed by atoms with Crippen LogP contribution in [0, 0.1) is 0 Å². The third-order valence-electron chi connectivity index (χ3n) is 3.81. The third-order valence-corrected chi connectivity index (χ3v) is 4.63. The molecule has 0 radical (unpaired) electrons. The van der Waals surface area contributed by atoms with E-state index in [2.05, 4.69) is 10.1 Å². The van der Waals surface area contributed by atoms with Gasteiger partial charge in [-0.05, 0) is 6.07 Å². The lowest BCUT2D eigenvalue weighted by Gasteiger charge is -2.07. The van der Waals surface area contributed by atoms with Crippen LogP contribution in [0.1, 0.15) is 5.69 Å². The van der Waals surface area contributed by atoms with Crippen molar-refractivity contribution in [1.29, 1.82) is 0 Å². The Labute approximate surface area is 151 Å². The molecular formula is C19H12F3N3S. The largest absolute Gasteiger partial charge is 0.433 e. The van der Waals surface area contributed by atoms with Gasteiger partial charge in [-0.25, -0.2) is 9.67 Å². The Kier molecular flexibility index (Phi) is 4.08. The quantitative estimate of drug-likeness (QED) is 0.464. The second-order valence-corrected chi connectivity index (χ2v) is 6.41. The van der Waals surface area contributed by atoms with Gasteiger partial charge in [0.2, 0.25) is 5.13 Å². The number of halogens is 3. The first-order valence-corrected chi connectivity index (χ1v) is 8.64. The van der Waals surface area contributed by atoms with Crippen LogP contribution in [-0.2, 0) is 6.18 Å². The fourth-order valence-electron chi connectivity index (χ4n) is 2.58. The maximum Gasteiger partial charge on any atom is 0.433 e. The molecule has 0 aliphatic carbocycles. The highest BCUT2D eigenvalue weighted by molar-refractivity contribution is 7.12. The molecule has 26 heavy (non-hydrogen) atoms. The summed E-state index contributed by atoms with van der Waals surface area (Å²) in [6.45, 7) is 0. The number of rotatable bonds is 3. The van der Waals surface area contributed by atoms with Crippen LogP contribution in [-0.4, -0.2) is 14.8 Å². The lowest BCUT2D eigenvalue weighted by atomic mass is 10.1. The normalized spacial score (nSPS) is 11.7. The van der Waals surface area contributed by atoms with E-state index in [-0.39, 0.29) is 10.8 Å². The van der Waals surface area contributed by atoms with Crippen molar-refractivity contribution in [2.24, 2.45) is 0 Å². The van der Waals surface area contributed by atoms with Gasteiger partial charge in [0, 0.05) is 16.5 Å². The lowest BCUT2D eigenvalue weighted by Crippen LogP contribution is -2.13. The summed E-state index contributed by atoms with van der Waals surface area (Å²) in [6, 6.07) is 19.2. The highest BCUT2D eigenvalue weighted by Crippen LogP contribution is 2.35. The molecule has 3 nitrogen and oxygen atoms in total. The van der Waals surface area contributed by atoms with E-state index in [1.807, 2.05) is 30.3 Å². The Morgan fingerprint density at radius 1 is 0.808 bits per heavy atom. The molecule has 0 atom stereocenters. The Balaban J connectivity index is 1.81. The minimum Gasteiger partial charge on any atom is -0.218 e. The van der Waals surface area contributed by atoms with E-state index in [0.717, 1.165) is 27.6 Å². The smallest absolute Gasteiger partial charge is 0.218 e. The van der Waals surface area contributed by atoms with Crippen LogP contribution < -0.4 is 0 Å². The average Bonchev–Trinajstić information content (AvgIpc) is 3.30. The molecule has 0 fully saturated rings. The Hall–Kier alpha value is -2.93. The third kappa shape index (κ3) is 3.13. The van der Waals surface area contributed by atoms with Crippen LogP contribution in [0.5, 0.6) is 0 Å². The summed E-state index contributed by atoms with van der Waals surface area (Å²) >= 11 is 1.13. The van der Waals surface area contributed by atoms with Crippen LogP contribution in [0.15, 0.2) is 72.1 Å². The van der Waals surface area contributed by atoms with Crippen molar-refractivity contribution in [3.05, 3.63) is 77.8 Å². The van der Waals surface area contributed by atoms with Crippen LogP contribution in [0.25, 0.3) is 27.6 Å². The fourth-order valence-corrected chi connectivity index (χ4v) is 3.38. The van der Waals surface area contributed by atoms with E-state index >= 15 is 0 Å². The number of alkyl halides is 3. The van der Waals surface area contributed by atoms with Crippen molar-refractivity contribution in [1.82, 2.24) is 14.8 Å². The molecule has 0 spiro atoms. The molecule has 4 aromatic rings. The molecule has 4 rings (SSSR count). The van der Waals surface area contributed by atoms with Gasteiger partial charge in [0.05, 0.1) is 11.4 Å². The average molecular weight is 371 g/mol. The SMILES string of the molecule is FC(F)(F)c1cc(-c2ccccc2)nn1-c1nc(-c2ccccc2)cs1. The minimum absolute atomic E-state index is 0.179. The minimum atomic E-state index is -4.53. The van der Waals surface area contributed by atoms with Crippen LogP contribution >= 0.6 is 11.3 Å². The second-order valence-electron chi connectivity index (χ2n) is 5.57. The first kappa shape index (κ1) is 16.5. The van der Waals surface area contributed by atoms with E-state index in [4.69, 9.17) is 0 Å². The molecule has 0 saturated heterocycles. The van der Waals surface area contributed by atoms with Gasteiger partial charge >= 0.3 is 6.18 Å². The van der Waals surface area contributed by atoms with E-state index < -0.39 is 11.9 Å². The standard InChI is InChI=1S/C19H12F3N3S/c20-19(21,22)17-11-15(13-7-3-1-4-8-13)24-25(17)18-23-16(12-26-18)14-9-5-2-6-10-14/h1-12H. The Morgan fingerprint density at radius 2 is 1.38 bits per heavy atom. The van der Waals surface area contributed by atoms with E-state index in [1.54, 1.807) is 35.7 Å². The molecule has 0 aliphatic heterocycles. The highest BCUT2D eigenvalue weighted by atomic mass is 32.1. The predicted octanol–water partition coefficient (Wildman–Crippen LogP) is 5.68. The van der Waals surface area contributed by atoms with E-state index in [0.29, 0.717) is 11.3 Å². The van der Waals surface area contributed by atoms with Crippen molar-refractivity contribution in [2.45, 2.75) is 6.18 Å². The molecule has 0 N–H and O–H groups in total. The first-order chi connectivity index (χ1) is 12.5. The van der Waals surface area contributed by atoms with E-state index in [9.17, 15) is 13.2 Å². The topological polar surface area (TPSA) is 30.7 Å². The molecule has 2 aromatic heterocycles. The zero-order chi connectivity index (χ0) is 18.1. The summed E-state index contributed by atoms with van der Waals surface area (Å²) in [6.07, 6.45) is -4.53. The van der Waals surface area contributed by atoms with Gasteiger partial charge in [0.1, 0.15) is 0 Å². The summed E-state index contributed by atoms with van der Waals surface area (Å²) in [5, 5.41) is 6.08. The van der Waals surface area contributed by atoms with Gasteiger partial charge in [-0.15, -0.1) is 11.3 Å². The maximum absolute atomic E-state index is 13.5. The zero-order valence-electron chi connectivity index (χ0n) is 13.3. The maximum atomic E-state index is 13.5. The van der Waals surface area contributed by atoms with Crippen LogP contribution in [0.4, 0.5) is 13.2 Å². The van der Waals surface area contributed by atoms with Gasteiger partial charge < -0.3 is 0 Å². The lowest BCUT2D eigenvalue weighted by molar-refractivity contribution is -0.142. The van der Waals surface area contributed by atoms with Gasteiger partial charge in [-0.1, -0.05) is 60.7 Å². The molecule has 2 heterocycles. The monoisotopic (exact) mass is 371 g/mol.